The lowest BCUT2D eigenvalue weighted by Crippen LogP contribution is -2.23. The Balaban J connectivity index is 1.40. The number of nitrogens with zero attached hydrogens (tertiary/aromatic N) is 1. The topological polar surface area (TPSA) is 80.3 Å². The number of nitrogens with one attached hydrogen (secondary N) is 2. The van der Waals surface area contributed by atoms with Crippen LogP contribution in [0.2, 0.25) is 0 Å². The molecule has 2 N–H and O–H groups in total. The van der Waals surface area contributed by atoms with Gasteiger partial charge in [-0.2, -0.15) is 0 Å². The van der Waals surface area contributed by atoms with Crippen LogP contribution < -0.4 is 15.4 Å². The summed E-state index contributed by atoms with van der Waals surface area (Å²) >= 11 is 1.20. The molecule has 0 aliphatic heterocycles. The number of thiazole rings is 1. The van der Waals surface area contributed by atoms with E-state index in [9.17, 15) is 9.59 Å². The highest BCUT2D eigenvalue weighted by atomic mass is 32.1. The van der Waals surface area contributed by atoms with E-state index in [1.54, 1.807) is 0 Å². The fraction of sp³-hybridized carbons (Fsp3) is 0.179. The summed E-state index contributed by atoms with van der Waals surface area (Å²) in [6.45, 7) is 3.85. The Labute approximate surface area is 209 Å². The van der Waals surface area contributed by atoms with Gasteiger partial charge in [0.05, 0.1) is 5.69 Å². The van der Waals surface area contributed by atoms with Crippen molar-refractivity contribution in [3.05, 3.63) is 106 Å². The molecule has 0 radical (unpaired) electrons. The van der Waals surface area contributed by atoms with Gasteiger partial charge in [-0.3, -0.25) is 9.59 Å². The maximum Gasteiger partial charge on any atom is 0.263 e. The second-order valence-corrected chi connectivity index (χ2v) is 9.20. The molecule has 178 valence electrons. The molecule has 0 saturated carbocycles. The van der Waals surface area contributed by atoms with Crippen LogP contribution in [0.5, 0.6) is 11.5 Å². The minimum atomic E-state index is -0.214. The molecule has 1 aromatic heterocycles. The van der Waals surface area contributed by atoms with Crippen LogP contribution in [0.3, 0.4) is 0 Å². The van der Waals surface area contributed by atoms with Gasteiger partial charge in [0.1, 0.15) is 16.4 Å². The Morgan fingerprint density at radius 3 is 2.20 bits per heavy atom. The van der Waals surface area contributed by atoms with Crippen LogP contribution in [0.1, 0.15) is 39.0 Å². The molecule has 1 heterocycles. The molecule has 0 unspecified atom stereocenters. The van der Waals surface area contributed by atoms with Crippen LogP contribution in [0, 0.1) is 6.92 Å². The number of para-hydroxylation sites is 1. The van der Waals surface area contributed by atoms with Crippen molar-refractivity contribution < 1.29 is 14.3 Å². The van der Waals surface area contributed by atoms with Crippen molar-refractivity contribution in [2.45, 2.75) is 33.2 Å². The van der Waals surface area contributed by atoms with E-state index in [0.29, 0.717) is 28.7 Å². The van der Waals surface area contributed by atoms with Gasteiger partial charge in [-0.05, 0) is 55.2 Å². The van der Waals surface area contributed by atoms with Gasteiger partial charge in [-0.1, -0.05) is 71.5 Å². The summed E-state index contributed by atoms with van der Waals surface area (Å²) in [5, 5.41) is 6.11. The lowest BCUT2D eigenvalue weighted by atomic mass is 10.1. The number of ether oxygens (including phenoxy) is 1. The van der Waals surface area contributed by atoms with E-state index in [1.165, 1.54) is 29.4 Å². The first-order valence-electron chi connectivity index (χ1n) is 11.4. The van der Waals surface area contributed by atoms with Crippen molar-refractivity contribution in [1.82, 2.24) is 10.3 Å². The average molecular weight is 486 g/mol. The van der Waals surface area contributed by atoms with Crippen molar-refractivity contribution in [2.24, 2.45) is 0 Å². The zero-order valence-corrected chi connectivity index (χ0v) is 20.5. The minimum Gasteiger partial charge on any atom is -0.457 e. The van der Waals surface area contributed by atoms with Gasteiger partial charge in [0, 0.05) is 13.5 Å². The molecule has 2 amide bonds. The highest BCUT2D eigenvalue weighted by Gasteiger charge is 2.18. The SMILES string of the molecule is CC(=O)Nc1nc(CCc2ccc(C)cc2)c(C(=O)NCc2ccc(Oc3ccccc3)cc2)s1. The first-order valence-corrected chi connectivity index (χ1v) is 12.2. The number of aryl methyl sites for hydroxylation is 3. The molecule has 0 fully saturated rings. The van der Waals surface area contributed by atoms with Gasteiger partial charge >= 0.3 is 0 Å². The molecule has 0 aliphatic rings. The molecule has 35 heavy (non-hydrogen) atoms. The van der Waals surface area contributed by atoms with E-state index in [4.69, 9.17) is 4.74 Å². The number of benzene rings is 3. The Bertz CT molecular complexity index is 1280. The number of rotatable bonds is 9. The zero-order valence-electron chi connectivity index (χ0n) is 19.7. The maximum atomic E-state index is 13.0. The van der Waals surface area contributed by atoms with E-state index >= 15 is 0 Å². The number of carbonyl (C=O) groups excluding carboxylic acids is 2. The van der Waals surface area contributed by atoms with Crippen LogP contribution in [0.4, 0.5) is 5.13 Å². The van der Waals surface area contributed by atoms with Crippen LogP contribution in [-0.4, -0.2) is 16.8 Å². The standard InChI is InChI=1S/C28H27N3O3S/c1-19-8-10-21(11-9-19)14-17-25-26(35-28(31-25)30-20(2)32)27(33)29-18-22-12-15-24(16-13-22)34-23-6-4-3-5-7-23/h3-13,15-16H,14,17-18H2,1-2H3,(H,29,33)(H,30,31,32). The summed E-state index contributed by atoms with van der Waals surface area (Å²) in [6, 6.07) is 25.5. The molecule has 0 spiro atoms. The number of hydrogen-bond acceptors (Lipinski definition) is 5. The fourth-order valence-corrected chi connectivity index (χ4v) is 4.46. The van der Waals surface area contributed by atoms with Crippen molar-refractivity contribution in [3.8, 4) is 11.5 Å². The molecule has 6 nitrogen and oxygen atoms in total. The van der Waals surface area contributed by atoms with E-state index in [1.807, 2.05) is 54.6 Å². The summed E-state index contributed by atoms with van der Waals surface area (Å²) in [5.74, 6) is 1.08. The van der Waals surface area contributed by atoms with Crippen molar-refractivity contribution >= 4 is 28.3 Å². The molecule has 0 bridgehead atoms. The first kappa shape index (κ1) is 24.2. The summed E-state index contributed by atoms with van der Waals surface area (Å²) < 4.78 is 5.82. The molecule has 0 atom stereocenters. The van der Waals surface area contributed by atoms with Crippen LogP contribution >= 0.6 is 11.3 Å². The highest BCUT2D eigenvalue weighted by molar-refractivity contribution is 7.17. The number of anilines is 1. The van der Waals surface area contributed by atoms with Crippen molar-refractivity contribution in [3.63, 3.8) is 0 Å². The van der Waals surface area contributed by atoms with E-state index < -0.39 is 0 Å². The first-order chi connectivity index (χ1) is 17.0. The smallest absolute Gasteiger partial charge is 0.263 e. The van der Waals surface area contributed by atoms with Crippen molar-refractivity contribution in [1.29, 1.82) is 0 Å². The Hall–Kier alpha value is -3.97. The predicted molar refractivity (Wildman–Crippen MR) is 139 cm³/mol. The quantitative estimate of drug-likeness (QED) is 0.309. The molecule has 0 aliphatic carbocycles. The summed E-state index contributed by atoms with van der Waals surface area (Å²) in [5.41, 5.74) is 4.01. The Kier molecular flexibility index (Phi) is 7.90. The third kappa shape index (κ3) is 7.01. The fourth-order valence-electron chi connectivity index (χ4n) is 3.48. The van der Waals surface area contributed by atoms with E-state index in [-0.39, 0.29) is 11.8 Å². The second kappa shape index (κ2) is 11.4. The third-order valence-electron chi connectivity index (χ3n) is 5.31. The molecular weight excluding hydrogens is 458 g/mol. The Morgan fingerprint density at radius 1 is 0.857 bits per heavy atom. The third-order valence-corrected chi connectivity index (χ3v) is 6.32. The van der Waals surface area contributed by atoms with E-state index in [0.717, 1.165) is 23.5 Å². The summed E-state index contributed by atoms with van der Waals surface area (Å²) in [4.78, 5) is 29.6. The highest BCUT2D eigenvalue weighted by Crippen LogP contribution is 2.25. The zero-order chi connectivity index (χ0) is 24.6. The normalized spacial score (nSPS) is 10.6. The summed E-state index contributed by atoms with van der Waals surface area (Å²) in [7, 11) is 0. The molecule has 7 heteroatoms. The lowest BCUT2D eigenvalue weighted by molar-refractivity contribution is -0.114. The van der Waals surface area contributed by atoms with Crippen LogP contribution in [-0.2, 0) is 24.2 Å². The van der Waals surface area contributed by atoms with Gasteiger partial charge in [0.15, 0.2) is 5.13 Å². The molecule has 3 aromatic carbocycles. The van der Waals surface area contributed by atoms with E-state index in [2.05, 4.69) is 46.8 Å². The number of hydrogen-bond donors (Lipinski definition) is 2. The second-order valence-electron chi connectivity index (χ2n) is 8.20. The lowest BCUT2D eigenvalue weighted by Gasteiger charge is -2.08. The number of amides is 2. The van der Waals surface area contributed by atoms with Crippen LogP contribution in [0.15, 0.2) is 78.9 Å². The molecule has 0 saturated heterocycles. The van der Waals surface area contributed by atoms with Crippen LogP contribution in [0.25, 0.3) is 0 Å². The number of aromatic nitrogens is 1. The predicted octanol–water partition coefficient (Wildman–Crippen LogP) is 5.92. The molecule has 4 aromatic rings. The maximum absolute atomic E-state index is 13.0. The molecular formula is C28H27N3O3S. The van der Waals surface area contributed by atoms with Gasteiger partial charge in [0.2, 0.25) is 5.91 Å². The van der Waals surface area contributed by atoms with Gasteiger partial charge in [0.25, 0.3) is 5.91 Å². The van der Waals surface area contributed by atoms with Gasteiger partial charge < -0.3 is 15.4 Å². The minimum absolute atomic E-state index is 0.206. The average Bonchev–Trinajstić information content (AvgIpc) is 3.25. The van der Waals surface area contributed by atoms with Gasteiger partial charge in [-0.25, -0.2) is 4.98 Å². The number of carbonyl (C=O) groups is 2. The van der Waals surface area contributed by atoms with Gasteiger partial charge in [-0.15, -0.1) is 0 Å². The summed E-state index contributed by atoms with van der Waals surface area (Å²) in [6.07, 6.45) is 1.36. The largest absolute Gasteiger partial charge is 0.457 e. The monoisotopic (exact) mass is 485 g/mol. The molecule has 4 rings (SSSR count). The Morgan fingerprint density at radius 2 is 1.51 bits per heavy atom. The van der Waals surface area contributed by atoms with Crippen molar-refractivity contribution in [2.75, 3.05) is 5.32 Å².